The zero-order chi connectivity index (χ0) is 13.2. The maximum atomic E-state index is 5.90. The number of aromatic nitrogens is 1. The number of likely N-dealkylation sites (tertiary alicyclic amines) is 1. The van der Waals surface area contributed by atoms with E-state index in [0.29, 0.717) is 5.69 Å². The SMILES string of the molecule is CCC1CCN(Cc2nc3c(N)cccc3o2)CC1. The van der Waals surface area contributed by atoms with Crippen molar-refractivity contribution in [3.63, 3.8) is 0 Å². The van der Waals surface area contributed by atoms with E-state index in [0.717, 1.165) is 42.5 Å². The van der Waals surface area contributed by atoms with Crippen LogP contribution >= 0.6 is 0 Å². The van der Waals surface area contributed by atoms with Crippen LogP contribution in [-0.4, -0.2) is 23.0 Å². The van der Waals surface area contributed by atoms with Crippen LogP contribution in [0.2, 0.25) is 0 Å². The van der Waals surface area contributed by atoms with Crippen molar-refractivity contribution in [1.82, 2.24) is 9.88 Å². The number of nitrogen functional groups attached to an aromatic ring is 1. The Morgan fingerprint density at radius 2 is 2.16 bits per heavy atom. The number of anilines is 1. The molecule has 0 aliphatic carbocycles. The molecule has 1 aromatic carbocycles. The molecular weight excluding hydrogens is 238 g/mol. The molecule has 2 heterocycles. The first-order valence-corrected chi connectivity index (χ1v) is 7.12. The number of piperidine rings is 1. The van der Waals surface area contributed by atoms with Crippen molar-refractivity contribution in [2.24, 2.45) is 5.92 Å². The second-order valence-electron chi connectivity index (χ2n) is 5.43. The van der Waals surface area contributed by atoms with E-state index < -0.39 is 0 Å². The summed E-state index contributed by atoms with van der Waals surface area (Å²) in [6.07, 6.45) is 3.88. The van der Waals surface area contributed by atoms with Gasteiger partial charge >= 0.3 is 0 Å². The van der Waals surface area contributed by atoms with E-state index >= 15 is 0 Å². The Morgan fingerprint density at radius 3 is 2.84 bits per heavy atom. The molecule has 1 fully saturated rings. The maximum absolute atomic E-state index is 5.90. The van der Waals surface area contributed by atoms with Gasteiger partial charge < -0.3 is 10.2 Å². The fourth-order valence-corrected chi connectivity index (χ4v) is 2.83. The third-order valence-corrected chi connectivity index (χ3v) is 4.14. The van der Waals surface area contributed by atoms with Crippen molar-refractivity contribution in [2.75, 3.05) is 18.8 Å². The van der Waals surface area contributed by atoms with Gasteiger partial charge in [0.15, 0.2) is 5.58 Å². The van der Waals surface area contributed by atoms with Gasteiger partial charge in [-0.25, -0.2) is 4.98 Å². The first-order chi connectivity index (χ1) is 9.26. The zero-order valence-corrected chi connectivity index (χ0v) is 11.4. The molecule has 4 heteroatoms. The molecule has 2 aromatic rings. The quantitative estimate of drug-likeness (QED) is 0.861. The highest BCUT2D eigenvalue weighted by Crippen LogP contribution is 2.24. The van der Waals surface area contributed by atoms with Crippen LogP contribution in [0.5, 0.6) is 0 Å². The summed E-state index contributed by atoms with van der Waals surface area (Å²) in [5.74, 6) is 1.68. The molecule has 0 bridgehead atoms. The number of nitrogens with two attached hydrogens (primary N) is 1. The fraction of sp³-hybridized carbons (Fsp3) is 0.533. The molecule has 0 unspecified atom stereocenters. The molecule has 1 aromatic heterocycles. The smallest absolute Gasteiger partial charge is 0.209 e. The van der Waals surface area contributed by atoms with Crippen LogP contribution in [-0.2, 0) is 6.54 Å². The van der Waals surface area contributed by atoms with Gasteiger partial charge in [-0.05, 0) is 44.0 Å². The van der Waals surface area contributed by atoms with Crippen LogP contribution in [0.25, 0.3) is 11.1 Å². The van der Waals surface area contributed by atoms with Gasteiger partial charge in [-0.15, -0.1) is 0 Å². The molecule has 2 N–H and O–H groups in total. The van der Waals surface area contributed by atoms with Gasteiger partial charge in [0.2, 0.25) is 5.89 Å². The van der Waals surface area contributed by atoms with Gasteiger partial charge in [-0.1, -0.05) is 19.4 Å². The van der Waals surface area contributed by atoms with Crippen molar-refractivity contribution in [3.05, 3.63) is 24.1 Å². The van der Waals surface area contributed by atoms with Crippen LogP contribution in [0.15, 0.2) is 22.6 Å². The Hall–Kier alpha value is -1.55. The summed E-state index contributed by atoms with van der Waals surface area (Å²) in [7, 11) is 0. The van der Waals surface area contributed by atoms with Crippen molar-refractivity contribution < 1.29 is 4.42 Å². The highest BCUT2D eigenvalue weighted by atomic mass is 16.3. The predicted octanol–water partition coefficient (Wildman–Crippen LogP) is 3.03. The molecule has 4 nitrogen and oxygen atoms in total. The largest absolute Gasteiger partial charge is 0.439 e. The summed E-state index contributed by atoms with van der Waals surface area (Å²) in [6.45, 7) is 5.37. The molecule has 0 amide bonds. The third-order valence-electron chi connectivity index (χ3n) is 4.14. The van der Waals surface area contributed by atoms with E-state index in [9.17, 15) is 0 Å². The molecule has 3 rings (SSSR count). The minimum Gasteiger partial charge on any atom is -0.439 e. The van der Waals surface area contributed by atoms with E-state index in [1.165, 1.54) is 19.3 Å². The number of oxazole rings is 1. The number of rotatable bonds is 3. The summed E-state index contributed by atoms with van der Waals surface area (Å²) in [4.78, 5) is 6.94. The number of nitrogens with zero attached hydrogens (tertiary/aromatic N) is 2. The average molecular weight is 259 g/mol. The summed E-state index contributed by atoms with van der Waals surface area (Å²) in [5, 5.41) is 0. The Balaban J connectivity index is 1.70. The number of benzene rings is 1. The second kappa shape index (κ2) is 5.21. The number of para-hydroxylation sites is 1. The minimum atomic E-state index is 0.692. The van der Waals surface area contributed by atoms with Gasteiger partial charge in [-0.3, -0.25) is 4.90 Å². The lowest BCUT2D eigenvalue weighted by Crippen LogP contribution is -2.33. The first kappa shape index (κ1) is 12.5. The van der Waals surface area contributed by atoms with Gasteiger partial charge in [0.1, 0.15) is 5.52 Å². The monoisotopic (exact) mass is 259 g/mol. The van der Waals surface area contributed by atoms with E-state index in [-0.39, 0.29) is 0 Å². The minimum absolute atomic E-state index is 0.692. The second-order valence-corrected chi connectivity index (χ2v) is 5.43. The lowest BCUT2D eigenvalue weighted by Gasteiger charge is -2.30. The van der Waals surface area contributed by atoms with Crippen molar-refractivity contribution in [1.29, 1.82) is 0 Å². The lowest BCUT2D eigenvalue weighted by atomic mass is 9.94. The lowest BCUT2D eigenvalue weighted by molar-refractivity contribution is 0.163. The molecule has 102 valence electrons. The number of hydrogen-bond donors (Lipinski definition) is 1. The highest BCUT2D eigenvalue weighted by molar-refractivity contribution is 5.85. The van der Waals surface area contributed by atoms with Crippen molar-refractivity contribution >= 4 is 16.8 Å². The van der Waals surface area contributed by atoms with Crippen LogP contribution in [0.4, 0.5) is 5.69 Å². The Morgan fingerprint density at radius 1 is 1.37 bits per heavy atom. The summed E-state index contributed by atoms with van der Waals surface area (Å²) < 4.78 is 5.77. The summed E-state index contributed by atoms with van der Waals surface area (Å²) in [5.41, 5.74) is 8.18. The summed E-state index contributed by atoms with van der Waals surface area (Å²) in [6, 6.07) is 5.69. The molecule has 0 spiro atoms. The van der Waals surface area contributed by atoms with Gasteiger partial charge in [0, 0.05) is 0 Å². The molecule has 1 saturated heterocycles. The molecular formula is C15H21N3O. The summed E-state index contributed by atoms with van der Waals surface area (Å²) >= 11 is 0. The van der Waals surface area contributed by atoms with Gasteiger partial charge in [0.05, 0.1) is 12.2 Å². The van der Waals surface area contributed by atoms with Crippen molar-refractivity contribution in [2.45, 2.75) is 32.7 Å². The Bertz CT molecular complexity index is 556. The normalized spacial score (nSPS) is 18.2. The van der Waals surface area contributed by atoms with Gasteiger partial charge in [0.25, 0.3) is 0 Å². The number of hydrogen-bond acceptors (Lipinski definition) is 4. The maximum Gasteiger partial charge on any atom is 0.209 e. The molecule has 19 heavy (non-hydrogen) atoms. The van der Waals surface area contributed by atoms with Crippen LogP contribution in [0, 0.1) is 5.92 Å². The molecule has 0 atom stereocenters. The van der Waals surface area contributed by atoms with E-state index in [2.05, 4.69) is 16.8 Å². The van der Waals surface area contributed by atoms with Crippen LogP contribution in [0.1, 0.15) is 32.1 Å². The predicted molar refractivity (Wildman–Crippen MR) is 76.7 cm³/mol. The fourth-order valence-electron chi connectivity index (χ4n) is 2.83. The standard InChI is InChI=1S/C15H21N3O/c1-2-11-6-8-18(9-7-11)10-14-17-15-12(16)4-3-5-13(15)19-14/h3-5,11H,2,6-10,16H2,1H3. The highest BCUT2D eigenvalue weighted by Gasteiger charge is 2.19. The Labute approximate surface area is 113 Å². The van der Waals surface area contributed by atoms with Crippen molar-refractivity contribution in [3.8, 4) is 0 Å². The van der Waals surface area contributed by atoms with Gasteiger partial charge in [-0.2, -0.15) is 0 Å². The molecule has 1 aliphatic heterocycles. The molecule has 1 aliphatic rings. The van der Waals surface area contributed by atoms with Crippen LogP contribution < -0.4 is 5.73 Å². The zero-order valence-electron chi connectivity index (χ0n) is 11.4. The van der Waals surface area contributed by atoms with E-state index in [4.69, 9.17) is 10.2 Å². The third kappa shape index (κ3) is 2.59. The molecule has 0 saturated carbocycles. The molecule has 0 radical (unpaired) electrons. The topological polar surface area (TPSA) is 55.3 Å². The Kier molecular flexibility index (Phi) is 3.42. The van der Waals surface area contributed by atoms with E-state index in [1.807, 2.05) is 18.2 Å². The average Bonchev–Trinajstić information content (AvgIpc) is 2.84. The van der Waals surface area contributed by atoms with E-state index in [1.54, 1.807) is 0 Å². The number of fused-ring (bicyclic) bond motifs is 1. The first-order valence-electron chi connectivity index (χ1n) is 7.12. The van der Waals surface area contributed by atoms with Crippen LogP contribution in [0.3, 0.4) is 0 Å².